The summed E-state index contributed by atoms with van der Waals surface area (Å²) in [6.45, 7) is 4.27. The first-order valence-electron chi connectivity index (χ1n) is 12.2. The molecule has 5 rings (SSSR count). The number of amides is 1. The maximum atomic E-state index is 13.1. The van der Waals surface area contributed by atoms with Crippen LogP contribution in [0, 0.1) is 5.82 Å². The van der Waals surface area contributed by atoms with Gasteiger partial charge in [0.15, 0.2) is 0 Å². The van der Waals surface area contributed by atoms with Crippen LogP contribution in [0.5, 0.6) is 11.5 Å². The van der Waals surface area contributed by atoms with Crippen LogP contribution in [0.4, 0.5) is 21.6 Å². The topological polar surface area (TPSA) is 94.6 Å². The van der Waals surface area contributed by atoms with E-state index in [0.29, 0.717) is 51.9 Å². The van der Waals surface area contributed by atoms with Crippen LogP contribution < -0.4 is 20.1 Å². The number of hydrogen-bond donors (Lipinski definition) is 2. The monoisotopic (exact) mass is 535 g/mol. The summed E-state index contributed by atoms with van der Waals surface area (Å²) >= 11 is 6.46. The molecule has 38 heavy (non-hydrogen) atoms. The van der Waals surface area contributed by atoms with Crippen LogP contribution in [0.2, 0.25) is 5.02 Å². The molecule has 1 aliphatic rings. The summed E-state index contributed by atoms with van der Waals surface area (Å²) in [4.78, 5) is 20.9. The van der Waals surface area contributed by atoms with Crippen molar-refractivity contribution in [1.29, 1.82) is 0 Å². The average molecular weight is 536 g/mol. The second-order valence-corrected chi connectivity index (χ2v) is 8.82. The molecule has 0 bridgehead atoms. The van der Waals surface area contributed by atoms with Crippen molar-refractivity contribution in [2.24, 2.45) is 0 Å². The summed E-state index contributed by atoms with van der Waals surface area (Å²) in [5.41, 5.74) is 2.32. The lowest BCUT2D eigenvalue weighted by molar-refractivity contribution is -0.111. The number of carbonyl (C=O) groups excluding carboxylic acids is 1. The van der Waals surface area contributed by atoms with E-state index < -0.39 is 12.0 Å². The lowest BCUT2D eigenvalue weighted by Crippen LogP contribution is -2.18. The molecule has 1 aromatic heterocycles. The number of rotatable bonds is 9. The second kappa shape index (κ2) is 11.5. The molecule has 194 valence electrons. The van der Waals surface area contributed by atoms with Gasteiger partial charge >= 0.3 is 0 Å². The van der Waals surface area contributed by atoms with E-state index in [-0.39, 0.29) is 24.8 Å². The first-order chi connectivity index (χ1) is 18.8. The van der Waals surface area contributed by atoms with Gasteiger partial charge in [-0.1, -0.05) is 30.3 Å². The molecule has 0 saturated carbocycles. The molecule has 8 nitrogen and oxygen atoms in total. The van der Waals surface area contributed by atoms with Crippen LogP contribution in [0.15, 0.2) is 73.6 Å². The van der Waals surface area contributed by atoms with Gasteiger partial charge in [-0.15, -0.1) is 0 Å². The molecule has 10 heteroatoms. The van der Waals surface area contributed by atoms with Crippen LogP contribution in [0.3, 0.4) is 0 Å². The van der Waals surface area contributed by atoms with E-state index in [2.05, 4.69) is 27.2 Å². The van der Waals surface area contributed by atoms with E-state index in [4.69, 9.17) is 27.2 Å². The Labute approximate surface area is 224 Å². The minimum Gasteiger partial charge on any atom is -0.487 e. The second-order valence-electron chi connectivity index (χ2n) is 8.41. The van der Waals surface area contributed by atoms with Gasteiger partial charge in [-0.3, -0.25) is 4.79 Å². The third kappa shape index (κ3) is 6.01. The Bertz CT molecular complexity index is 1530. The predicted octanol–water partition coefficient (Wildman–Crippen LogP) is 6.04. The first-order valence-corrected chi connectivity index (χ1v) is 12.1. The number of ether oxygens (including phenoxy) is 3. The summed E-state index contributed by atoms with van der Waals surface area (Å²) < 4.78 is 38.7. The number of carbonyl (C=O) groups is 1. The third-order valence-corrected chi connectivity index (χ3v) is 6.02. The van der Waals surface area contributed by atoms with E-state index >= 15 is 0 Å². The van der Waals surface area contributed by atoms with E-state index in [1.54, 1.807) is 42.5 Å². The lowest BCUT2D eigenvalue weighted by Gasteiger charge is -2.17. The predicted molar refractivity (Wildman–Crippen MR) is 144 cm³/mol. The molecule has 2 N–H and O–H groups in total. The highest BCUT2D eigenvalue weighted by atomic mass is 35.5. The SMILES string of the molecule is [2H]C1(Oc2cc3ncnc(Nc4ccc(OCc5ccc(F)cc5)c(Cl)c4)c3cc2NC(=O)C=C)CCOC1. The van der Waals surface area contributed by atoms with Crippen LogP contribution in [-0.2, 0) is 16.1 Å². The van der Waals surface area contributed by atoms with Crippen LogP contribution in [0.1, 0.15) is 13.4 Å². The highest BCUT2D eigenvalue weighted by molar-refractivity contribution is 6.32. The summed E-state index contributed by atoms with van der Waals surface area (Å²) in [5, 5.41) is 6.93. The van der Waals surface area contributed by atoms with Crippen LogP contribution >= 0.6 is 11.6 Å². The fraction of sp³-hybridized carbons (Fsp3) is 0.179. The molecule has 4 aromatic rings. The molecule has 0 radical (unpaired) electrons. The van der Waals surface area contributed by atoms with Crippen LogP contribution in [-0.4, -0.2) is 35.2 Å². The first kappa shape index (κ1) is 24.1. The van der Waals surface area contributed by atoms with Gasteiger partial charge in [0.1, 0.15) is 42.1 Å². The molecule has 1 amide bonds. The number of nitrogens with zero attached hydrogens (tertiary/aromatic N) is 2. The van der Waals surface area contributed by atoms with Crippen molar-refractivity contribution in [3.8, 4) is 11.5 Å². The molecule has 1 aliphatic heterocycles. The average Bonchev–Trinajstić information content (AvgIpc) is 3.35. The molecule has 1 atom stereocenters. The molecule has 3 aromatic carbocycles. The van der Waals surface area contributed by atoms with Crippen molar-refractivity contribution in [3.63, 3.8) is 0 Å². The Morgan fingerprint density at radius 2 is 2.05 bits per heavy atom. The number of fused-ring (bicyclic) bond motifs is 1. The van der Waals surface area contributed by atoms with Crippen molar-refractivity contribution in [2.45, 2.75) is 19.1 Å². The summed E-state index contributed by atoms with van der Waals surface area (Å²) in [6, 6.07) is 14.5. The quantitative estimate of drug-likeness (QED) is 0.252. The highest BCUT2D eigenvalue weighted by Crippen LogP contribution is 2.36. The number of hydrogen-bond acceptors (Lipinski definition) is 7. The zero-order valence-corrected chi connectivity index (χ0v) is 20.9. The van der Waals surface area contributed by atoms with Gasteiger partial charge < -0.3 is 24.8 Å². The van der Waals surface area contributed by atoms with Gasteiger partial charge in [0.05, 0.1) is 30.8 Å². The molecule has 1 saturated heterocycles. The van der Waals surface area contributed by atoms with Gasteiger partial charge in [-0.25, -0.2) is 14.4 Å². The fourth-order valence-corrected chi connectivity index (χ4v) is 4.04. The summed E-state index contributed by atoms with van der Waals surface area (Å²) in [7, 11) is 0. The lowest BCUT2D eigenvalue weighted by atomic mass is 10.1. The van der Waals surface area contributed by atoms with Gasteiger partial charge in [-0.2, -0.15) is 0 Å². The maximum Gasteiger partial charge on any atom is 0.247 e. The summed E-state index contributed by atoms with van der Waals surface area (Å²) in [5.74, 6) is 0.466. The van der Waals surface area contributed by atoms with Gasteiger partial charge in [0.2, 0.25) is 5.91 Å². The minimum atomic E-state index is -1.27. The Morgan fingerprint density at radius 3 is 2.79 bits per heavy atom. The summed E-state index contributed by atoms with van der Waals surface area (Å²) in [6.07, 6.45) is 1.66. The zero-order valence-electron chi connectivity index (χ0n) is 21.2. The van der Waals surface area contributed by atoms with Crippen molar-refractivity contribution < 1.29 is 24.8 Å². The number of benzene rings is 3. The standard InChI is InChI=1S/C28H24ClFN4O4/c1-2-27(35)34-24-12-21-23(13-26(24)38-20-9-10-36-15-20)31-16-32-28(21)33-19-7-8-25(22(29)11-19)37-14-17-3-5-18(30)6-4-17/h2-8,11-13,16,20H,1,9-10,14-15H2,(H,34,35)(H,31,32,33)/i20D. The van der Waals surface area contributed by atoms with E-state index in [1.807, 2.05) is 0 Å². The molecule has 1 fully saturated rings. The highest BCUT2D eigenvalue weighted by Gasteiger charge is 2.20. The Morgan fingerprint density at radius 1 is 1.21 bits per heavy atom. The smallest absolute Gasteiger partial charge is 0.247 e. The maximum absolute atomic E-state index is 13.1. The number of halogens is 2. The van der Waals surface area contributed by atoms with Crippen molar-refractivity contribution in [2.75, 3.05) is 23.8 Å². The zero-order chi connectivity index (χ0) is 27.4. The number of aromatic nitrogens is 2. The molecule has 0 aliphatic carbocycles. The molecule has 1 unspecified atom stereocenters. The number of nitrogens with one attached hydrogen (secondary N) is 2. The van der Waals surface area contributed by atoms with Crippen molar-refractivity contribution in [3.05, 3.63) is 90.0 Å². The minimum absolute atomic E-state index is 0.112. The molecular weight excluding hydrogens is 511 g/mol. The molecular formula is C28H24ClFN4O4. The van der Waals surface area contributed by atoms with Crippen LogP contribution in [0.25, 0.3) is 10.9 Å². The Kier molecular flexibility index (Phi) is 7.28. The van der Waals surface area contributed by atoms with E-state index in [1.165, 1.54) is 18.5 Å². The van der Waals surface area contributed by atoms with E-state index in [9.17, 15) is 9.18 Å². The van der Waals surface area contributed by atoms with Gasteiger partial charge in [0, 0.05) is 23.6 Å². The van der Waals surface area contributed by atoms with Crippen molar-refractivity contribution >= 4 is 45.6 Å². The van der Waals surface area contributed by atoms with E-state index in [0.717, 1.165) is 11.6 Å². The Balaban J connectivity index is 1.40. The van der Waals surface area contributed by atoms with Crippen molar-refractivity contribution in [1.82, 2.24) is 9.97 Å². The van der Waals surface area contributed by atoms with Gasteiger partial charge in [0.25, 0.3) is 0 Å². The molecule has 2 heterocycles. The third-order valence-electron chi connectivity index (χ3n) is 5.72. The fourth-order valence-electron chi connectivity index (χ4n) is 3.80. The Hall–Kier alpha value is -4.21. The number of anilines is 3. The molecule has 0 spiro atoms. The van der Waals surface area contributed by atoms with Gasteiger partial charge in [-0.05, 0) is 48.0 Å². The normalized spacial score (nSPS) is 17.1. The largest absolute Gasteiger partial charge is 0.487 e.